The van der Waals surface area contributed by atoms with E-state index < -0.39 is 12.0 Å². The van der Waals surface area contributed by atoms with Gasteiger partial charge in [-0.3, -0.25) is 0 Å². The molecule has 19 heavy (non-hydrogen) atoms. The predicted octanol–water partition coefficient (Wildman–Crippen LogP) is 2.22. The highest BCUT2D eigenvalue weighted by Gasteiger charge is 2.36. The fourth-order valence-corrected chi connectivity index (χ4v) is 2.23. The van der Waals surface area contributed by atoms with Crippen molar-refractivity contribution in [2.24, 2.45) is 5.92 Å². The van der Waals surface area contributed by atoms with Crippen molar-refractivity contribution in [3.05, 3.63) is 30.5 Å². The number of phenolic OH excluding ortho intramolecular Hbond substituents is 1. The second-order valence-corrected chi connectivity index (χ2v) is 4.86. The Morgan fingerprint density at radius 1 is 1.37 bits per heavy atom. The largest absolute Gasteiger partial charge is 0.508 e. The number of carboxylic acid groups (broad SMARTS) is 1. The van der Waals surface area contributed by atoms with Crippen LogP contribution in [-0.4, -0.2) is 27.2 Å². The number of benzene rings is 1. The summed E-state index contributed by atoms with van der Waals surface area (Å²) in [6.45, 7) is 0. The Morgan fingerprint density at radius 2 is 2.16 bits per heavy atom. The van der Waals surface area contributed by atoms with Crippen molar-refractivity contribution < 1.29 is 15.0 Å². The molecule has 98 valence electrons. The zero-order valence-corrected chi connectivity index (χ0v) is 10.2. The van der Waals surface area contributed by atoms with Gasteiger partial charge < -0.3 is 15.5 Å². The van der Waals surface area contributed by atoms with Crippen molar-refractivity contribution in [3.8, 4) is 5.75 Å². The van der Waals surface area contributed by atoms with Crippen LogP contribution in [0, 0.1) is 5.92 Å². The number of fused-ring (bicyclic) bond motifs is 1. The van der Waals surface area contributed by atoms with Gasteiger partial charge in [-0.05, 0) is 42.3 Å². The SMILES string of the molecule is O=C(O)C(Nc1nccc2ccc(O)cc12)C1CC1. The first-order valence-electron chi connectivity index (χ1n) is 6.22. The number of aromatic hydroxyl groups is 1. The van der Waals surface area contributed by atoms with E-state index in [9.17, 15) is 15.0 Å². The van der Waals surface area contributed by atoms with E-state index in [0.29, 0.717) is 5.82 Å². The number of anilines is 1. The Labute approximate surface area is 109 Å². The summed E-state index contributed by atoms with van der Waals surface area (Å²) in [7, 11) is 0. The molecule has 1 aliphatic rings. The van der Waals surface area contributed by atoms with Crippen molar-refractivity contribution in [2.45, 2.75) is 18.9 Å². The van der Waals surface area contributed by atoms with Crippen molar-refractivity contribution in [3.63, 3.8) is 0 Å². The van der Waals surface area contributed by atoms with Crippen LogP contribution in [0.3, 0.4) is 0 Å². The highest BCUT2D eigenvalue weighted by Crippen LogP contribution is 2.35. The maximum atomic E-state index is 11.2. The van der Waals surface area contributed by atoms with E-state index in [-0.39, 0.29) is 11.7 Å². The third-order valence-electron chi connectivity index (χ3n) is 3.40. The van der Waals surface area contributed by atoms with Crippen LogP contribution in [0.2, 0.25) is 0 Å². The standard InChI is InChI=1S/C14H14N2O3/c17-10-4-3-8-5-6-15-13(11(8)7-10)16-12(14(18)19)9-1-2-9/h3-7,9,12,17H,1-2H2,(H,15,16)(H,18,19). The summed E-state index contributed by atoms with van der Waals surface area (Å²) in [5.41, 5.74) is 0. The Kier molecular flexibility index (Phi) is 2.74. The Morgan fingerprint density at radius 3 is 2.84 bits per heavy atom. The van der Waals surface area contributed by atoms with Crippen LogP contribution in [0.5, 0.6) is 5.75 Å². The van der Waals surface area contributed by atoms with Gasteiger partial charge in [-0.1, -0.05) is 6.07 Å². The average molecular weight is 258 g/mol. The lowest BCUT2D eigenvalue weighted by atomic mass is 10.1. The van der Waals surface area contributed by atoms with E-state index in [4.69, 9.17) is 0 Å². The fraction of sp³-hybridized carbons (Fsp3) is 0.286. The number of nitrogens with zero attached hydrogens (tertiary/aromatic N) is 1. The molecule has 1 unspecified atom stereocenters. The normalized spacial score (nSPS) is 16.2. The Balaban J connectivity index is 1.99. The van der Waals surface area contributed by atoms with Crippen LogP contribution in [0.25, 0.3) is 10.8 Å². The Hall–Kier alpha value is -2.30. The molecule has 1 aromatic carbocycles. The number of carboxylic acids is 1. The average Bonchev–Trinajstić information content (AvgIpc) is 3.20. The summed E-state index contributed by atoms with van der Waals surface area (Å²) < 4.78 is 0. The molecule has 0 amide bonds. The number of aliphatic carboxylic acids is 1. The number of hydrogen-bond donors (Lipinski definition) is 3. The third kappa shape index (κ3) is 2.31. The molecule has 5 nitrogen and oxygen atoms in total. The number of hydrogen-bond acceptors (Lipinski definition) is 4. The van der Waals surface area contributed by atoms with Gasteiger partial charge in [0.15, 0.2) is 0 Å². The van der Waals surface area contributed by atoms with Crippen molar-refractivity contribution in [1.82, 2.24) is 4.98 Å². The minimum absolute atomic E-state index is 0.141. The maximum absolute atomic E-state index is 11.2. The van der Waals surface area contributed by atoms with Crippen LogP contribution in [0.4, 0.5) is 5.82 Å². The molecule has 1 aliphatic carbocycles. The summed E-state index contributed by atoms with van der Waals surface area (Å²) in [6, 6.07) is 6.19. The molecule has 0 bridgehead atoms. The number of carbonyl (C=O) groups is 1. The first kappa shape index (κ1) is 11.8. The van der Waals surface area contributed by atoms with Gasteiger partial charge in [-0.25, -0.2) is 9.78 Å². The fourth-order valence-electron chi connectivity index (χ4n) is 2.23. The molecule has 2 aromatic rings. The monoisotopic (exact) mass is 258 g/mol. The molecule has 0 saturated heterocycles. The lowest BCUT2D eigenvalue weighted by molar-refractivity contribution is -0.138. The first-order valence-corrected chi connectivity index (χ1v) is 6.22. The van der Waals surface area contributed by atoms with Gasteiger partial charge >= 0.3 is 5.97 Å². The lowest BCUT2D eigenvalue weighted by Gasteiger charge is -2.15. The van der Waals surface area contributed by atoms with Crippen LogP contribution < -0.4 is 5.32 Å². The van der Waals surface area contributed by atoms with E-state index in [1.165, 1.54) is 0 Å². The number of phenols is 1. The van der Waals surface area contributed by atoms with Crippen molar-refractivity contribution in [2.75, 3.05) is 5.32 Å². The topological polar surface area (TPSA) is 82.5 Å². The molecule has 1 saturated carbocycles. The van der Waals surface area contributed by atoms with Crippen molar-refractivity contribution in [1.29, 1.82) is 0 Å². The van der Waals surface area contributed by atoms with E-state index in [1.807, 2.05) is 6.07 Å². The molecule has 1 heterocycles. The molecule has 3 N–H and O–H groups in total. The van der Waals surface area contributed by atoms with Gasteiger partial charge in [-0.2, -0.15) is 0 Å². The van der Waals surface area contributed by atoms with Crippen LogP contribution in [0.15, 0.2) is 30.5 Å². The number of aromatic nitrogens is 1. The lowest BCUT2D eigenvalue weighted by Crippen LogP contribution is -2.31. The van der Waals surface area contributed by atoms with Gasteiger partial charge in [0.05, 0.1) is 0 Å². The second kappa shape index (κ2) is 4.42. The van der Waals surface area contributed by atoms with E-state index in [1.54, 1.807) is 24.4 Å². The Bertz CT molecular complexity index is 638. The molecule has 1 fully saturated rings. The van der Waals surface area contributed by atoms with Crippen LogP contribution in [0.1, 0.15) is 12.8 Å². The molecule has 5 heteroatoms. The molecule has 1 atom stereocenters. The molecule has 0 aliphatic heterocycles. The molecule has 1 aromatic heterocycles. The molecular formula is C14H14N2O3. The summed E-state index contributed by atoms with van der Waals surface area (Å²) in [5, 5.41) is 23.4. The number of rotatable bonds is 4. The van der Waals surface area contributed by atoms with Gasteiger partial charge in [0.2, 0.25) is 0 Å². The smallest absolute Gasteiger partial charge is 0.326 e. The quantitative estimate of drug-likeness (QED) is 0.783. The van der Waals surface area contributed by atoms with E-state index in [2.05, 4.69) is 10.3 Å². The zero-order valence-electron chi connectivity index (χ0n) is 10.2. The summed E-state index contributed by atoms with van der Waals surface area (Å²) in [5.74, 6) is -0.0390. The highest BCUT2D eigenvalue weighted by molar-refractivity contribution is 5.94. The van der Waals surface area contributed by atoms with Gasteiger partial charge in [0.1, 0.15) is 17.6 Å². The van der Waals surface area contributed by atoms with Crippen LogP contribution in [-0.2, 0) is 4.79 Å². The van der Waals surface area contributed by atoms with Gasteiger partial charge in [0.25, 0.3) is 0 Å². The molecule has 0 radical (unpaired) electrons. The summed E-state index contributed by atoms with van der Waals surface area (Å²) in [4.78, 5) is 15.4. The molecule has 3 rings (SSSR count). The predicted molar refractivity (Wildman–Crippen MR) is 71.2 cm³/mol. The highest BCUT2D eigenvalue weighted by atomic mass is 16.4. The minimum Gasteiger partial charge on any atom is -0.508 e. The van der Waals surface area contributed by atoms with E-state index in [0.717, 1.165) is 23.6 Å². The summed E-state index contributed by atoms with van der Waals surface area (Å²) >= 11 is 0. The van der Waals surface area contributed by atoms with Gasteiger partial charge in [-0.15, -0.1) is 0 Å². The van der Waals surface area contributed by atoms with Crippen molar-refractivity contribution >= 4 is 22.6 Å². The zero-order chi connectivity index (χ0) is 13.4. The van der Waals surface area contributed by atoms with Crippen LogP contribution >= 0.6 is 0 Å². The summed E-state index contributed by atoms with van der Waals surface area (Å²) in [6.07, 6.45) is 3.49. The first-order chi connectivity index (χ1) is 9.15. The number of nitrogens with one attached hydrogen (secondary N) is 1. The molecular weight excluding hydrogens is 244 g/mol. The third-order valence-corrected chi connectivity index (χ3v) is 3.40. The number of pyridine rings is 1. The van der Waals surface area contributed by atoms with E-state index >= 15 is 0 Å². The van der Waals surface area contributed by atoms with Gasteiger partial charge in [0, 0.05) is 11.6 Å². The minimum atomic E-state index is -0.860. The maximum Gasteiger partial charge on any atom is 0.326 e. The molecule has 0 spiro atoms. The second-order valence-electron chi connectivity index (χ2n) is 4.86.